The fourth-order valence-corrected chi connectivity index (χ4v) is 2.00. The van der Waals surface area contributed by atoms with Crippen LogP contribution in [-0.4, -0.2) is 13.0 Å². The first-order valence-electron chi connectivity index (χ1n) is 5.96. The molecule has 0 radical (unpaired) electrons. The molecule has 1 N–H and O–H groups in total. The molecule has 1 amide bonds. The first-order valence-corrected chi connectivity index (χ1v) is 6.72. The van der Waals surface area contributed by atoms with Gasteiger partial charge in [-0.3, -0.25) is 4.79 Å². The maximum Gasteiger partial charge on any atom is 0.251 e. The minimum atomic E-state index is -0.202. The average molecular weight is 310 g/mol. The van der Waals surface area contributed by atoms with Crippen molar-refractivity contribution in [3.63, 3.8) is 0 Å². The normalized spacial score (nSPS) is 10.2. The van der Waals surface area contributed by atoms with E-state index in [4.69, 9.17) is 27.9 Å². The van der Waals surface area contributed by atoms with Gasteiger partial charge in [-0.05, 0) is 35.9 Å². The summed E-state index contributed by atoms with van der Waals surface area (Å²) in [5.41, 5.74) is 1.43. The molecule has 0 heterocycles. The lowest BCUT2D eigenvalue weighted by Crippen LogP contribution is -2.22. The van der Waals surface area contributed by atoms with Gasteiger partial charge in [0.05, 0.1) is 17.2 Å². The van der Waals surface area contributed by atoms with Gasteiger partial charge in [-0.25, -0.2) is 0 Å². The Kier molecular flexibility index (Phi) is 4.88. The van der Waals surface area contributed by atoms with Gasteiger partial charge in [0, 0.05) is 12.1 Å². The van der Waals surface area contributed by atoms with E-state index in [0.717, 1.165) is 11.3 Å². The van der Waals surface area contributed by atoms with Crippen molar-refractivity contribution in [2.24, 2.45) is 0 Å². The number of amides is 1. The predicted molar refractivity (Wildman–Crippen MR) is 80.6 cm³/mol. The number of nitrogens with one attached hydrogen (secondary N) is 1. The molecule has 20 heavy (non-hydrogen) atoms. The van der Waals surface area contributed by atoms with Crippen molar-refractivity contribution in [2.45, 2.75) is 6.54 Å². The van der Waals surface area contributed by atoms with Gasteiger partial charge in [0.1, 0.15) is 5.75 Å². The molecule has 0 spiro atoms. The van der Waals surface area contributed by atoms with E-state index in [1.807, 2.05) is 24.3 Å². The van der Waals surface area contributed by atoms with Crippen LogP contribution in [0.1, 0.15) is 15.9 Å². The van der Waals surface area contributed by atoms with Gasteiger partial charge in [0.15, 0.2) is 0 Å². The van der Waals surface area contributed by atoms with E-state index < -0.39 is 0 Å². The van der Waals surface area contributed by atoms with Crippen LogP contribution in [-0.2, 0) is 6.54 Å². The third-order valence-corrected chi connectivity index (χ3v) is 3.51. The molecule has 3 nitrogen and oxygen atoms in total. The fraction of sp³-hybridized carbons (Fsp3) is 0.133. The number of carbonyl (C=O) groups excluding carboxylic acids is 1. The monoisotopic (exact) mass is 309 g/mol. The van der Waals surface area contributed by atoms with E-state index in [9.17, 15) is 4.79 Å². The van der Waals surface area contributed by atoms with Gasteiger partial charge in [-0.1, -0.05) is 35.3 Å². The average Bonchev–Trinajstić information content (AvgIpc) is 2.47. The third-order valence-electron chi connectivity index (χ3n) is 2.77. The highest BCUT2D eigenvalue weighted by Gasteiger charge is 2.08. The molecule has 0 aliphatic rings. The Balaban J connectivity index is 2.02. The Morgan fingerprint density at radius 1 is 1.15 bits per heavy atom. The zero-order valence-electron chi connectivity index (χ0n) is 10.8. The molecule has 2 rings (SSSR count). The molecule has 0 aliphatic carbocycles. The highest BCUT2D eigenvalue weighted by Crippen LogP contribution is 2.22. The van der Waals surface area contributed by atoms with Crippen LogP contribution in [0.4, 0.5) is 0 Å². The van der Waals surface area contributed by atoms with Crippen LogP contribution in [0.15, 0.2) is 42.5 Å². The summed E-state index contributed by atoms with van der Waals surface area (Å²) >= 11 is 11.7. The number of ether oxygens (including phenoxy) is 1. The van der Waals surface area contributed by atoms with E-state index in [1.165, 1.54) is 0 Å². The van der Waals surface area contributed by atoms with Gasteiger partial charge >= 0.3 is 0 Å². The van der Waals surface area contributed by atoms with Crippen molar-refractivity contribution in [3.05, 3.63) is 63.6 Å². The van der Waals surface area contributed by atoms with Crippen LogP contribution in [0.5, 0.6) is 5.75 Å². The summed E-state index contributed by atoms with van der Waals surface area (Å²) in [6.07, 6.45) is 0. The Labute approximate surface area is 127 Å². The van der Waals surface area contributed by atoms with Gasteiger partial charge in [-0.15, -0.1) is 0 Å². The molecule has 0 fully saturated rings. The van der Waals surface area contributed by atoms with Gasteiger partial charge in [0.25, 0.3) is 5.91 Å². The second kappa shape index (κ2) is 6.64. The first kappa shape index (κ1) is 14.7. The Morgan fingerprint density at radius 2 is 1.95 bits per heavy atom. The first-order chi connectivity index (χ1) is 9.60. The molecule has 0 unspecified atom stereocenters. The third kappa shape index (κ3) is 3.65. The van der Waals surface area contributed by atoms with Crippen LogP contribution >= 0.6 is 23.2 Å². The smallest absolute Gasteiger partial charge is 0.251 e. The summed E-state index contributed by atoms with van der Waals surface area (Å²) in [4.78, 5) is 12.0. The topological polar surface area (TPSA) is 38.3 Å². The highest BCUT2D eigenvalue weighted by atomic mass is 35.5. The Bertz CT molecular complexity index is 629. The van der Waals surface area contributed by atoms with Crippen molar-refractivity contribution < 1.29 is 9.53 Å². The minimum Gasteiger partial charge on any atom is -0.497 e. The van der Waals surface area contributed by atoms with E-state index >= 15 is 0 Å². The number of carbonyl (C=O) groups is 1. The molecular weight excluding hydrogens is 297 g/mol. The Hall–Kier alpha value is -1.71. The summed E-state index contributed by atoms with van der Waals surface area (Å²) in [5, 5.41) is 3.61. The molecule has 0 aromatic heterocycles. The molecule has 0 bridgehead atoms. The van der Waals surface area contributed by atoms with Gasteiger partial charge < -0.3 is 10.1 Å². The summed E-state index contributed by atoms with van der Waals surface area (Å²) in [6.45, 7) is 0.413. The van der Waals surface area contributed by atoms with Crippen molar-refractivity contribution in [3.8, 4) is 5.75 Å². The SMILES string of the molecule is COc1cccc(CNC(=O)c2ccc(Cl)c(Cl)c2)c1. The van der Waals surface area contributed by atoms with Crippen molar-refractivity contribution in [1.29, 1.82) is 0 Å². The quantitative estimate of drug-likeness (QED) is 0.929. The standard InChI is InChI=1S/C15H13Cl2NO2/c1-20-12-4-2-3-10(7-12)9-18-15(19)11-5-6-13(16)14(17)8-11/h2-8H,9H2,1H3,(H,18,19). The molecule has 104 valence electrons. The lowest BCUT2D eigenvalue weighted by molar-refractivity contribution is 0.0951. The molecule has 2 aromatic carbocycles. The number of hydrogen-bond donors (Lipinski definition) is 1. The van der Waals surface area contributed by atoms with Crippen molar-refractivity contribution >= 4 is 29.1 Å². The molecule has 0 saturated carbocycles. The summed E-state index contributed by atoms with van der Waals surface area (Å²) in [6, 6.07) is 12.3. The van der Waals surface area contributed by atoms with Crippen molar-refractivity contribution in [2.75, 3.05) is 7.11 Å². The number of rotatable bonds is 4. The van der Waals surface area contributed by atoms with Gasteiger partial charge in [0.2, 0.25) is 0 Å². The van der Waals surface area contributed by atoms with Crippen LogP contribution in [0, 0.1) is 0 Å². The van der Waals surface area contributed by atoms with Crippen LogP contribution < -0.4 is 10.1 Å². The maximum atomic E-state index is 12.0. The lowest BCUT2D eigenvalue weighted by atomic mass is 10.2. The Morgan fingerprint density at radius 3 is 2.65 bits per heavy atom. The van der Waals surface area contributed by atoms with E-state index in [1.54, 1.807) is 25.3 Å². The summed E-state index contributed by atoms with van der Waals surface area (Å²) in [5.74, 6) is 0.553. The molecule has 0 aliphatic heterocycles. The zero-order valence-corrected chi connectivity index (χ0v) is 12.3. The minimum absolute atomic E-state index is 0.202. The zero-order chi connectivity index (χ0) is 14.5. The van der Waals surface area contributed by atoms with Crippen LogP contribution in [0.3, 0.4) is 0 Å². The second-order valence-corrected chi connectivity index (χ2v) is 4.98. The van der Waals surface area contributed by atoms with Crippen molar-refractivity contribution in [1.82, 2.24) is 5.32 Å². The fourth-order valence-electron chi connectivity index (χ4n) is 1.70. The number of hydrogen-bond acceptors (Lipinski definition) is 2. The lowest BCUT2D eigenvalue weighted by Gasteiger charge is -2.07. The second-order valence-electron chi connectivity index (χ2n) is 4.16. The van der Waals surface area contributed by atoms with E-state index in [0.29, 0.717) is 22.2 Å². The van der Waals surface area contributed by atoms with Gasteiger partial charge in [-0.2, -0.15) is 0 Å². The molecule has 2 aromatic rings. The molecule has 0 atom stereocenters. The van der Waals surface area contributed by atoms with Crippen LogP contribution in [0.2, 0.25) is 10.0 Å². The molecular formula is C15H13Cl2NO2. The molecule has 0 saturated heterocycles. The molecule has 5 heteroatoms. The summed E-state index contributed by atoms with van der Waals surface area (Å²) in [7, 11) is 1.60. The highest BCUT2D eigenvalue weighted by molar-refractivity contribution is 6.42. The maximum absolute atomic E-state index is 12.0. The number of methoxy groups -OCH3 is 1. The largest absolute Gasteiger partial charge is 0.497 e. The van der Waals surface area contributed by atoms with E-state index in [-0.39, 0.29) is 5.91 Å². The predicted octanol–water partition coefficient (Wildman–Crippen LogP) is 3.93. The van der Waals surface area contributed by atoms with E-state index in [2.05, 4.69) is 5.32 Å². The van der Waals surface area contributed by atoms with Crippen LogP contribution in [0.25, 0.3) is 0 Å². The number of halogens is 2. The number of benzene rings is 2. The summed E-state index contributed by atoms with van der Waals surface area (Å²) < 4.78 is 5.13.